The Labute approximate surface area is 163 Å². The maximum absolute atomic E-state index is 12.9. The van der Waals surface area contributed by atoms with Crippen molar-refractivity contribution in [1.29, 1.82) is 0 Å². The number of fused-ring (bicyclic) bond motifs is 1. The van der Waals surface area contributed by atoms with Crippen molar-refractivity contribution in [1.82, 2.24) is 9.55 Å². The summed E-state index contributed by atoms with van der Waals surface area (Å²) in [5, 5.41) is 2.87. The van der Waals surface area contributed by atoms with Gasteiger partial charge in [0, 0.05) is 29.7 Å². The first kappa shape index (κ1) is 18.2. The third kappa shape index (κ3) is 4.22. The summed E-state index contributed by atoms with van der Waals surface area (Å²) >= 11 is 0. The van der Waals surface area contributed by atoms with Gasteiger partial charge in [0.2, 0.25) is 5.91 Å². The fraction of sp³-hybridized carbons (Fsp3) is 0.273. The monoisotopic (exact) mass is 379 g/mol. The predicted octanol–water partition coefficient (Wildman–Crippen LogP) is 4.43. The molecule has 1 aliphatic rings. The van der Waals surface area contributed by atoms with Crippen LogP contribution in [0.3, 0.4) is 0 Å². The first-order chi connectivity index (χ1) is 13.7. The number of carbonyl (C=O) groups excluding carboxylic acids is 1. The lowest BCUT2D eigenvalue weighted by molar-refractivity contribution is -0.116. The molecule has 2 aromatic carbocycles. The number of hydrogen-bond donors (Lipinski definition) is 1. The standard InChI is InChI=1S/C22H22FN3O2/c23-17-6-10-20(11-7-17)28-14-12-21(27)25-18-8-4-16(5-9-18)22-24-15-19-3-1-2-13-26(19)22/h4-11,15H,1-3,12-14H2,(H,25,27). The van der Waals surface area contributed by atoms with Gasteiger partial charge in [-0.2, -0.15) is 0 Å². The predicted molar refractivity (Wildman–Crippen MR) is 106 cm³/mol. The zero-order valence-electron chi connectivity index (χ0n) is 15.5. The van der Waals surface area contributed by atoms with E-state index in [-0.39, 0.29) is 24.8 Å². The van der Waals surface area contributed by atoms with E-state index in [9.17, 15) is 9.18 Å². The van der Waals surface area contributed by atoms with E-state index in [4.69, 9.17) is 4.74 Å². The number of halogens is 1. The molecule has 28 heavy (non-hydrogen) atoms. The highest BCUT2D eigenvalue weighted by Crippen LogP contribution is 2.25. The number of anilines is 1. The van der Waals surface area contributed by atoms with Crippen LogP contribution in [0, 0.1) is 5.82 Å². The SMILES string of the molecule is O=C(CCOc1ccc(F)cc1)Nc1ccc(-c2ncc3n2CCCC3)cc1. The third-order valence-corrected chi connectivity index (χ3v) is 4.84. The van der Waals surface area contributed by atoms with Crippen LogP contribution in [-0.4, -0.2) is 22.1 Å². The van der Waals surface area contributed by atoms with E-state index in [0.29, 0.717) is 5.75 Å². The molecule has 144 valence electrons. The molecule has 4 rings (SSSR count). The maximum Gasteiger partial charge on any atom is 0.227 e. The van der Waals surface area contributed by atoms with E-state index < -0.39 is 0 Å². The number of aryl methyl sites for hydroxylation is 1. The van der Waals surface area contributed by atoms with Gasteiger partial charge in [0.15, 0.2) is 0 Å². The molecule has 0 fully saturated rings. The molecule has 0 saturated heterocycles. The number of carbonyl (C=O) groups is 1. The van der Waals surface area contributed by atoms with Gasteiger partial charge in [-0.25, -0.2) is 9.37 Å². The highest BCUT2D eigenvalue weighted by Gasteiger charge is 2.15. The molecule has 0 aliphatic carbocycles. The molecule has 3 aromatic rings. The van der Waals surface area contributed by atoms with Crippen molar-refractivity contribution in [3.8, 4) is 17.1 Å². The van der Waals surface area contributed by atoms with Crippen LogP contribution in [0.1, 0.15) is 25.0 Å². The average Bonchev–Trinajstić information content (AvgIpc) is 3.14. The van der Waals surface area contributed by atoms with Gasteiger partial charge in [0.1, 0.15) is 17.4 Å². The van der Waals surface area contributed by atoms with Crippen LogP contribution >= 0.6 is 0 Å². The van der Waals surface area contributed by atoms with Crippen molar-refractivity contribution in [2.45, 2.75) is 32.2 Å². The van der Waals surface area contributed by atoms with Crippen molar-refractivity contribution < 1.29 is 13.9 Å². The number of amides is 1. The summed E-state index contributed by atoms with van der Waals surface area (Å²) in [6.07, 6.45) is 5.67. The lowest BCUT2D eigenvalue weighted by Gasteiger charge is -2.16. The van der Waals surface area contributed by atoms with Crippen molar-refractivity contribution in [3.05, 3.63) is 66.2 Å². The van der Waals surface area contributed by atoms with Gasteiger partial charge in [-0.3, -0.25) is 4.79 Å². The zero-order chi connectivity index (χ0) is 19.3. The van der Waals surface area contributed by atoms with Gasteiger partial charge in [-0.05, 0) is 67.8 Å². The van der Waals surface area contributed by atoms with Crippen LogP contribution in [0.25, 0.3) is 11.4 Å². The van der Waals surface area contributed by atoms with E-state index in [1.807, 2.05) is 30.5 Å². The minimum atomic E-state index is -0.315. The fourth-order valence-electron chi connectivity index (χ4n) is 3.39. The average molecular weight is 379 g/mol. The second kappa shape index (κ2) is 8.25. The van der Waals surface area contributed by atoms with Gasteiger partial charge in [0.05, 0.1) is 13.0 Å². The Balaban J connectivity index is 1.31. The molecule has 1 N–H and O–H groups in total. The minimum Gasteiger partial charge on any atom is -0.493 e. The number of hydrogen-bond acceptors (Lipinski definition) is 3. The van der Waals surface area contributed by atoms with Crippen LogP contribution in [0.4, 0.5) is 10.1 Å². The van der Waals surface area contributed by atoms with Crippen molar-refractivity contribution in [2.24, 2.45) is 0 Å². The summed E-state index contributed by atoms with van der Waals surface area (Å²) in [4.78, 5) is 16.7. The first-order valence-corrected chi connectivity index (χ1v) is 9.52. The molecule has 0 bridgehead atoms. The molecule has 1 amide bonds. The molecule has 1 aromatic heterocycles. The van der Waals surface area contributed by atoms with E-state index in [1.165, 1.54) is 30.7 Å². The van der Waals surface area contributed by atoms with Crippen LogP contribution in [0.15, 0.2) is 54.7 Å². The number of benzene rings is 2. The lowest BCUT2D eigenvalue weighted by Crippen LogP contribution is -2.15. The number of aromatic nitrogens is 2. The van der Waals surface area contributed by atoms with E-state index in [0.717, 1.165) is 30.0 Å². The summed E-state index contributed by atoms with van der Waals surface area (Å²) in [7, 11) is 0. The van der Waals surface area contributed by atoms with Gasteiger partial charge >= 0.3 is 0 Å². The van der Waals surface area contributed by atoms with Crippen LogP contribution in [0.5, 0.6) is 5.75 Å². The van der Waals surface area contributed by atoms with Gasteiger partial charge in [0.25, 0.3) is 0 Å². The summed E-state index contributed by atoms with van der Waals surface area (Å²) in [6, 6.07) is 13.5. The molecule has 5 nitrogen and oxygen atoms in total. The molecule has 2 heterocycles. The van der Waals surface area contributed by atoms with E-state index in [2.05, 4.69) is 14.9 Å². The molecule has 0 spiro atoms. The van der Waals surface area contributed by atoms with Crippen LogP contribution < -0.4 is 10.1 Å². The first-order valence-electron chi connectivity index (χ1n) is 9.52. The quantitative estimate of drug-likeness (QED) is 0.689. The van der Waals surface area contributed by atoms with Crippen LogP contribution in [-0.2, 0) is 17.8 Å². The topological polar surface area (TPSA) is 56.1 Å². The zero-order valence-corrected chi connectivity index (χ0v) is 15.5. The van der Waals surface area contributed by atoms with Gasteiger partial charge in [-0.1, -0.05) is 0 Å². The second-order valence-corrected chi connectivity index (χ2v) is 6.86. The normalized spacial score (nSPS) is 13.0. The van der Waals surface area contributed by atoms with Gasteiger partial charge in [-0.15, -0.1) is 0 Å². The van der Waals surface area contributed by atoms with Crippen LogP contribution in [0.2, 0.25) is 0 Å². The number of imidazole rings is 1. The Morgan fingerprint density at radius 1 is 1.11 bits per heavy atom. The third-order valence-electron chi connectivity index (χ3n) is 4.84. The summed E-state index contributed by atoms with van der Waals surface area (Å²) in [5.74, 6) is 1.08. The summed E-state index contributed by atoms with van der Waals surface area (Å²) in [6.45, 7) is 1.24. The number of ether oxygens (including phenoxy) is 1. The van der Waals surface area contributed by atoms with E-state index >= 15 is 0 Å². The van der Waals surface area contributed by atoms with Gasteiger partial charge < -0.3 is 14.6 Å². The maximum atomic E-state index is 12.9. The van der Waals surface area contributed by atoms with Crippen molar-refractivity contribution in [2.75, 3.05) is 11.9 Å². The molecule has 0 saturated carbocycles. The lowest BCUT2D eigenvalue weighted by atomic mass is 10.1. The Kier molecular flexibility index (Phi) is 5.37. The van der Waals surface area contributed by atoms with Crippen molar-refractivity contribution >= 4 is 11.6 Å². The molecule has 1 aliphatic heterocycles. The molecule has 6 heteroatoms. The fourth-order valence-corrected chi connectivity index (χ4v) is 3.39. The highest BCUT2D eigenvalue weighted by atomic mass is 19.1. The smallest absolute Gasteiger partial charge is 0.227 e. The molecule has 0 atom stereocenters. The molecule has 0 radical (unpaired) electrons. The Morgan fingerprint density at radius 2 is 1.89 bits per heavy atom. The molecule has 0 unspecified atom stereocenters. The number of nitrogens with one attached hydrogen (secondary N) is 1. The second-order valence-electron chi connectivity index (χ2n) is 6.86. The van der Waals surface area contributed by atoms with E-state index in [1.54, 1.807) is 12.1 Å². The molecular formula is C22H22FN3O2. The summed E-state index contributed by atoms with van der Waals surface area (Å²) in [5.41, 5.74) is 3.08. The summed E-state index contributed by atoms with van der Waals surface area (Å²) < 4.78 is 20.6. The Bertz CT molecular complexity index is 949. The number of nitrogens with zero attached hydrogens (tertiary/aromatic N) is 2. The Hall–Kier alpha value is -3.15. The molecular weight excluding hydrogens is 357 g/mol. The highest BCUT2D eigenvalue weighted by molar-refractivity contribution is 5.91. The van der Waals surface area contributed by atoms with Crippen molar-refractivity contribution in [3.63, 3.8) is 0 Å². The minimum absolute atomic E-state index is 0.131. The number of rotatable bonds is 6. The largest absolute Gasteiger partial charge is 0.493 e. The Morgan fingerprint density at radius 3 is 2.68 bits per heavy atom.